The molecule has 4 nitrogen and oxygen atoms in total. The highest BCUT2D eigenvalue weighted by Gasteiger charge is 2.20. The van der Waals surface area contributed by atoms with E-state index in [0.29, 0.717) is 16.8 Å². The van der Waals surface area contributed by atoms with Crippen LogP contribution in [0.3, 0.4) is 0 Å². The zero-order valence-corrected chi connectivity index (χ0v) is 9.95. The SMILES string of the molecule is Nc1onc(-c2ccncc2F)c1-c1cccs1. The first-order chi connectivity index (χ1) is 8.77. The van der Waals surface area contributed by atoms with Gasteiger partial charge in [0.25, 0.3) is 0 Å². The molecular weight excluding hydrogens is 253 g/mol. The zero-order chi connectivity index (χ0) is 12.5. The highest BCUT2D eigenvalue weighted by atomic mass is 32.1. The van der Waals surface area contributed by atoms with Crippen LogP contribution in [-0.2, 0) is 0 Å². The van der Waals surface area contributed by atoms with Gasteiger partial charge in [0, 0.05) is 16.6 Å². The number of hydrogen-bond donors (Lipinski definition) is 1. The topological polar surface area (TPSA) is 64.9 Å². The van der Waals surface area contributed by atoms with Crippen LogP contribution in [-0.4, -0.2) is 10.1 Å². The molecule has 3 aromatic heterocycles. The number of hydrogen-bond acceptors (Lipinski definition) is 5. The van der Waals surface area contributed by atoms with E-state index in [-0.39, 0.29) is 5.88 Å². The molecule has 0 radical (unpaired) electrons. The van der Waals surface area contributed by atoms with E-state index < -0.39 is 5.82 Å². The Labute approximate surface area is 106 Å². The van der Waals surface area contributed by atoms with Gasteiger partial charge in [-0.05, 0) is 17.5 Å². The van der Waals surface area contributed by atoms with E-state index in [4.69, 9.17) is 10.3 Å². The zero-order valence-electron chi connectivity index (χ0n) is 9.13. The summed E-state index contributed by atoms with van der Waals surface area (Å²) < 4.78 is 18.7. The van der Waals surface area contributed by atoms with E-state index in [1.54, 1.807) is 6.07 Å². The Kier molecular flexibility index (Phi) is 2.56. The number of anilines is 1. The van der Waals surface area contributed by atoms with Crippen molar-refractivity contribution in [1.82, 2.24) is 10.1 Å². The van der Waals surface area contributed by atoms with Crippen molar-refractivity contribution in [1.29, 1.82) is 0 Å². The number of nitrogen functional groups attached to an aromatic ring is 1. The largest absolute Gasteiger partial charge is 0.367 e. The predicted octanol–water partition coefficient (Wildman–Crippen LogP) is 3.19. The third kappa shape index (κ3) is 1.67. The second-order valence-electron chi connectivity index (χ2n) is 3.60. The molecule has 0 bridgehead atoms. The van der Waals surface area contributed by atoms with Crippen molar-refractivity contribution in [2.75, 3.05) is 5.73 Å². The fraction of sp³-hybridized carbons (Fsp3) is 0. The van der Waals surface area contributed by atoms with Crippen molar-refractivity contribution >= 4 is 17.2 Å². The van der Waals surface area contributed by atoms with Crippen LogP contribution in [0.4, 0.5) is 10.3 Å². The average Bonchev–Trinajstić information content (AvgIpc) is 2.98. The summed E-state index contributed by atoms with van der Waals surface area (Å²) in [5, 5.41) is 5.75. The molecule has 0 fully saturated rings. The Morgan fingerprint density at radius 2 is 2.22 bits per heavy atom. The van der Waals surface area contributed by atoms with Gasteiger partial charge in [-0.25, -0.2) is 4.39 Å². The molecule has 0 atom stereocenters. The number of aromatic nitrogens is 2. The minimum absolute atomic E-state index is 0.184. The molecule has 3 heterocycles. The van der Waals surface area contributed by atoms with E-state index in [0.717, 1.165) is 11.1 Å². The maximum Gasteiger partial charge on any atom is 0.231 e. The summed E-state index contributed by atoms with van der Waals surface area (Å²) in [4.78, 5) is 4.60. The lowest BCUT2D eigenvalue weighted by molar-refractivity contribution is 0.439. The highest BCUT2D eigenvalue weighted by molar-refractivity contribution is 7.13. The number of nitrogens with two attached hydrogens (primary N) is 1. The lowest BCUT2D eigenvalue weighted by Crippen LogP contribution is -1.89. The summed E-state index contributed by atoms with van der Waals surface area (Å²) in [5.41, 5.74) is 7.11. The highest BCUT2D eigenvalue weighted by Crippen LogP contribution is 2.38. The van der Waals surface area contributed by atoms with Crippen LogP contribution in [0.15, 0.2) is 40.5 Å². The van der Waals surface area contributed by atoms with Gasteiger partial charge in [0.15, 0.2) is 5.82 Å². The van der Waals surface area contributed by atoms with E-state index in [1.165, 1.54) is 17.5 Å². The van der Waals surface area contributed by atoms with Crippen molar-refractivity contribution in [3.63, 3.8) is 0 Å². The van der Waals surface area contributed by atoms with Gasteiger partial charge in [-0.2, -0.15) is 0 Å². The van der Waals surface area contributed by atoms with Crippen LogP contribution < -0.4 is 5.73 Å². The Balaban J connectivity index is 2.23. The van der Waals surface area contributed by atoms with Gasteiger partial charge in [-0.1, -0.05) is 11.2 Å². The summed E-state index contributed by atoms with van der Waals surface area (Å²) in [6, 6.07) is 5.32. The Morgan fingerprint density at radius 3 is 2.94 bits per heavy atom. The van der Waals surface area contributed by atoms with E-state index in [2.05, 4.69) is 10.1 Å². The molecular formula is C12H8FN3OS. The maximum absolute atomic E-state index is 13.7. The fourth-order valence-corrected chi connectivity index (χ4v) is 2.49. The third-order valence-corrected chi connectivity index (χ3v) is 3.40. The number of nitrogens with zero attached hydrogens (tertiary/aromatic N) is 2. The van der Waals surface area contributed by atoms with Crippen molar-refractivity contribution in [3.8, 4) is 21.7 Å². The van der Waals surface area contributed by atoms with E-state index in [9.17, 15) is 4.39 Å². The summed E-state index contributed by atoms with van der Waals surface area (Å²) in [5.74, 6) is -0.271. The van der Waals surface area contributed by atoms with Gasteiger partial charge in [0.1, 0.15) is 5.69 Å². The summed E-state index contributed by atoms with van der Waals surface area (Å²) in [7, 11) is 0. The Hall–Kier alpha value is -2.21. The van der Waals surface area contributed by atoms with Crippen LogP contribution in [0.5, 0.6) is 0 Å². The summed E-state index contributed by atoms with van der Waals surface area (Å²) >= 11 is 1.49. The smallest absolute Gasteiger partial charge is 0.231 e. The van der Waals surface area contributed by atoms with Gasteiger partial charge in [-0.3, -0.25) is 4.98 Å². The normalized spacial score (nSPS) is 10.7. The monoisotopic (exact) mass is 261 g/mol. The van der Waals surface area contributed by atoms with E-state index in [1.807, 2.05) is 17.5 Å². The molecule has 0 aromatic carbocycles. The minimum atomic E-state index is -0.455. The first kappa shape index (κ1) is 10.9. The first-order valence-electron chi connectivity index (χ1n) is 5.16. The quantitative estimate of drug-likeness (QED) is 0.769. The number of thiophene rings is 1. The molecule has 18 heavy (non-hydrogen) atoms. The van der Waals surface area contributed by atoms with Crippen LogP contribution in [0, 0.1) is 5.82 Å². The van der Waals surface area contributed by atoms with Gasteiger partial charge in [0.05, 0.1) is 11.8 Å². The first-order valence-corrected chi connectivity index (χ1v) is 6.04. The molecule has 3 rings (SSSR count). The van der Waals surface area contributed by atoms with Crippen LogP contribution in [0.1, 0.15) is 0 Å². The van der Waals surface area contributed by atoms with Gasteiger partial charge in [-0.15, -0.1) is 11.3 Å². The molecule has 0 amide bonds. The second kappa shape index (κ2) is 4.23. The molecule has 0 aliphatic rings. The molecule has 0 saturated carbocycles. The second-order valence-corrected chi connectivity index (χ2v) is 4.55. The average molecular weight is 261 g/mol. The standard InChI is InChI=1S/C12H8FN3OS/c13-8-6-15-4-3-7(8)11-10(12(14)17-16-11)9-2-1-5-18-9/h1-6H,14H2. The number of pyridine rings is 1. The third-order valence-electron chi connectivity index (χ3n) is 2.51. The predicted molar refractivity (Wildman–Crippen MR) is 67.4 cm³/mol. The molecule has 0 spiro atoms. The molecule has 3 aromatic rings. The lowest BCUT2D eigenvalue weighted by Gasteiger charge is -2.00. The summed E-state index contributed by atoms with van der Waals surface area (Å²) in [6.07, 6.45) is 2.64. The molecule has 0 aliphatic heterocycles. The summed E-state index contributed by atoms with van der Waals surface area (Å²) in [6.45, 7) is 0. The Morgan fingerprint density at radius 1 is 1.33 bits per heavy atom. The van der Waals surface area contributed by atoms with Crippen LogP contribution >= 0.6 is 11.3 Å². The van der Waals surface area contributed by atoms with Crippen molar-refractivity contribution in [2.24, 2.45) is 0 Å². The van der Waals surface area contributed by atoms with Gasteiger partial charge < -0.3 is 10.3 Å². The van der Waals surface area contributed by atoms with Crippen LogP contribution in [0.2, 0.25) is 0 Å². The van der Waals surface area contributed by atoms with Crippen molar-refractivity contribution < 1.29 is 8.91 Å². The number of rotatable bonds is 2. The molecule has 0 aliphatic carbocycles. The number of halogens is 1. The molecule has 2 N–H and O–H groups in total. The maximum atomic E-state index is 13.7. The molecule has 90 valence electrons. The fourth-order valence-electron chi connectivity index (χ4n) is 1.71. The van der Waals surface area contributed by atoms with Crippen molar-refractivity contribution in [3.05, 3.63) is 41.8 Å². The Bertz CT molecular complexity index is 678. The minimum Gasteiger partial charge on any atom is -0.367 e. The van der Waals surface area contributed by atoms with Crippen LogP contribution in [0.25, 0.3) is 21.7 Å². The van der Waals surface area contributed by atoms with Gasteiger partial charge in [0.2, 0.25) is 5.88 Å². The molecule has 0 unspecified atom stereocenters. The lowest BCUT2D eigenvalue weighted by atomic mass is 10.1. The molecule has 0 saturated heterocycles. The van der Waals surface area contributed by atoms with E-state index >= 15 is 0 Å². The van der Waals surface area contributed by atoms with Gasteiger partial charge >= 0.3 is 0 Å². The van der Waals surface area contributed by atoms with Crippen molar-refractivity contribution in [2.45, 2.75) is 0 Å². The molecule has 6 heteroatoms.